The molecule has 106 valence electrons. The fraction of sp³-hybridized carbons (Fsp3) is 0.538. The molecule has 0 fully saturated rings. The summed E-state index contributed by atoms with van der Waals surface area (Å²) in [5, 5.41) is 0.753. The number of fused-ring (bicyclic) bond motifs is 1. The van der Waals surface area contributed by atoms with E-state index in [4.69, 9.17) is 42.7 Å². The van der Waals surface area contributed by atoms with Gasteiger partial charge in [-0.25, -0.2) is 0 Å². The van der Waals surface area contributed by atoms with Crippen molar-refractivity contribution < 1.29 is 9.47 Å². The van der Waals surface area contributed by atoms with E-state index in [9.17, 15) is 0 Å². The van der Waals surface area contributed by atoms with E-state index >= 15 is 0 Å². The highest BCUT2D eigenvalue weighted by atomic mass is 35.8. The Morgan fingerprint density at radius 2 is 1.84 bits per heavy atom. The number of hydrogen-bond donors (Lipinski definition) is 0. The molecule has 1 aliphatic heterocycles. The zero-order valence-corrected chi connectivity index (χ0v) is 14.7. The maximum atomic E-state index is 6.02. The van der Waals surface area contributed by atoms with Crippen molar-refractivity contribution in [1.29, 1.82) is 0 Å². The summed E-state index contributed by atoms with van der Waals surface area (Å²) >= 11 is 18.1. The largest absolute Gasteiger partial charge is 0.462 e. The van der Waals surface area contributed by atoms with Crippen LogP contribution in [0.1, 0.15) is 33.3 Å². The molecule has 1 aliphatic rings. The van der Waals surface area contributed by atoms with Crippen LogP contribution in [0.4, 0.5) is 0 Å². The molecule has 0 saturated carbocycles. The second-order valence-electron chi connectivity index (χ2n) is 5.91. The van der Waals surface area contributed by atoms with Gasteiger partial charge in [0.15, 0.2) is 0 Å². The van der Waals surface area contributed by atoms with E-state index in [1.165, 1.54) is 0 Å². The Morgan fingerprint density at radius 3 is 2.37 bits per heavy atom. The Labute approximate surface area is 129 Å². The lowest BCUT2D eigenvalue weighted by molar-refractivity contribution is -0.249. The maximum Gasteiger partial charge on any atom is 0.372 e. The van der Waals surface area contributed by atoms with Crippen molar-refractivity contribution in [3.05, 3.63) is 23.8 Å². The van der Waals surface area contributed by atoms with Crippen LogP contribution >= 0.6 is 33.2 Å². The fourth-order valence-electron chi connectivity index (χ4n) is 1.79. The third-order valence-electron chi connectivity index (χ3n) is 3.56. The molecule has 1 aromatic carbocycles. The average Bonchev–Trinajstić information content (AvgIpc) is 2.25. The summed E-state index contributed by atoms with van der Waals surface area (Å²) in [6, 6.07) is 2.71. The van der Waals surface area contributed by atoms with Crippen molar-refractivity contribution in [2.45, 2.75) is 40.1 Å². The third-order valence-corrected chi connectivity index (χ3v) is 6.49. The van der Waals surface area contributed by atoms with Crippen LogP contribution in [0.2, 0.25) is 0 Å². The van der Waals surface area contributed by atoms with Crippen LogP contribution in [0, 0.1) is 5.41 Å². The Balaban J connectivity index is 2.34. The van der Waals surface area contributed by atoms with Gasteiger partial charge in [-0.1, -0.05) is 32.9 Å². The minimum Gasteiger partial charge on any atom is -0.462 e. The third kappa shape index (κ3) is 3.06. The Kier molecular flexibility index (Phi) is 3.92. The number of rotatable bonds is 1. The standard InChI is InChI=1S/C13H17Cl3O2Si/c1-12(2,3)13(4)17-8-9-7-10(19(14,15)16)5-6-11(9)18-13/h5-7H,8H2,1-4H3. The van der Waals surface area contributed by atoms with Gasteiger partial charge in [-0.2, -0.15) is 0 Å². The van der Waals surface area contributed by atoms with Gasteiger partial charge in [0.1, 0.15) is 5.75 Å². The lowest BCUT2D eigenvalue weighted by atomic mass is 9.86. The first-order valence-electron chi connectivity index (χ1n) is 6.06. The highest BCUT2D eigenvalue weighted by Gasteiger charge is 2.44. The van der Waals surface area contributed by atoms with Gasteiger partial charge in [-0.15, -0.1) is 33.2 Å². The average molecular weight is 340 g/mol. The molecular weight excluding hydrogens is 323 g/mol. The van der Waals surface area contributed by atoms with Gasteiger partial charge in [0.25, 0.3) is 0 Å². The van der Waals surface area contributed by atoms with E-state index < -0.39 is 11.8 Å². The topological polar surface area (TPSA) is 18.5 Å². The van der Waals surface area contributed by atoms with E-state index in [1.807, 2.05) is 25.1 Å². The molecule has 1 unspecified atom stereocenters. The van der Waals surface area contributed by atoms with E-state index in [0.717, 1.165) is 16.5 Å². The van der Waals surface area contributed by atoms with Gasteiger partial charge in [-0.3, -0.25) is 0 Å². The molecule has 0 aromatic heterocycles. The fourth-order valence-corrected chi connectivity index (χ4v) is 3.46. The molecule has 2 rings (SSSR count). The van der Waals surface area contributed by atoms with Crippen molar-refractivity contribution in [2.75, 3.05) is 0 Å². The van der Waals surface area contributed by atoms with Crippen molar-refractivity contribution in [3.8, 4) is 5.75 Å². The van der Waals surface area contributed by atoms with Crippen LogP contribution < -0.4 is 9.92 Å². The van der Waals surface area contributed by atoms with Crippen LogP contribution in [0.15, 0.2) is 18.2 Å². The molecule has 0 spiro atoms. The van der Waals surface area contributed by atoms with Crippen LogP contribution in [0.25, 0.3) is 0 Å². The Hall–Kier alpha value is 0.0669. The van der Waals surface area contributed by atoms with E-state index in [1.54, 1.807) is 0 Å². The molecule has 0 radical (unpaired) electrons. The Bertz CT molecular complexity index is 494. The first-order chi connectivity index (χ1) is 8.53. The number of halogens is 3. The van der Waals surface area contributed by atoms with Gasteiger partial charge in [-0.05, 0) is 11.3 Å². The first-order valence-corrected chi connectivity index (χ1v) is 11.1. The maximum absolute atomic E-state index is 6.02. The minimum absolute atomic E-state index is 0.132. The molecule has 1 atom stereocenters. The van der Waals surface area contributed by atoms with Crippen LogP contribution in [0.5, 0.6) is 5.75 Å². The summed E-state index contributed by atoms with van der Waals surface area (Å²) < 4.78 is 11.9. The lowest BCUT2D eigenvalue weighted by Crippen LogP contribution is -2.50. The lowest BCUT2D eigenvalue weighted by Gasteiger charge is -2.44. The second-order valence-corrected chi connectivity index (χ2v) is 14.3. The SMILES string of the molecule is CC(C)(C)C1(C)OCc2cc([Si](Cl)(Cl)Cl)ccc2O1. The minimum atomic E-state index is -2.86. The van der Waals surface area contributed by atoms with Gasteiger partial charge < -0.3 is 9.47 Å². The van der Waals surface area contributed by atoms with Gasteiger partial charge in [0.2, 0.25) is 5.79 Å². The summed E-state index contributed by atoms with van der Waals surface area (Å²) in [7, 11) is 0. The number of hydrogen-bond acceptors (Lipinski definition) is 2. The van der Waals surface area contributed by atoms with Crippen molar-refractivity contribution in [1.82, 2.24) is 0 Å². The van der Waals surface area contributed by atoms with Crippen LogP contribution in [0.3, 0.4) is 0 Å². The zero-order valence-electron chi connectivity index (χ0n) is 11.4. The van der Waals surface area contributed by atoms with Crippen molar-refractivity contribution in [3.63, 3.8) is 0 Å². The molecule has 0 saturated heterocycles. The molecule has 0 bridgehead atoms. The quantitative estimate of drug-likeness (QED) is 0.563. The molecule has 0 amide bonds. The highest BCUT2D eigenvalue weighted by Crippen LogP contribution is 2.41. The molecule has 0 N–H and O–H groups in total. The van der Waals surface area contributed by atoms with Crippen LogP contribution in [-0.4, -0.2) is 11.8 Å². The smallest absolute Gasteiger partial charge is 0.372 e. The molecule has 1 aromatic rings. The summed E-state index contributed by atoms with van der Waals surface area (Å²) in [6.45, 7) is 8.67. The summed E-state index contributed by atoms with van der Waals surface area (Å²) in [4.78, 5) is 0. The van der Waals surface area contributed by atoms with Gasteiger partial charge in [0.05, 0.1) is 6.61 Å². The number of benzene rings is 1. The summed E-state index contributed by atoms with van der Waals surface area (Å²) in [5.41, 5.74) is 0.797. The van der Waals surface area contributed by atoms with E-state index in [0.29, 0.717) is 6.61 Å². The van der Waals surface area contributed by atoms with Crippen LogP contribution in [-0.2, 0) is 11.3 Å². The molecule has 6 heteroatoms. The van der Waals surface area contributed by atoms with Crippen molar-refractivity contribution >= 4 is 44.4 Å². The van der Waals surface area contributed by atoms with Gasteiger partial charge in [0, 0.05) is 17.9 Å². The van der Waals surface area contributed by atoms with Gasteiger partial charge >= 0.3 is 6.00 Å². The number of ether oxygens (including phenoxy) is 2. The predicted molar refractivity (Wildman–Crippen MR) is 82.7 cm³/mol. The first kappa shape index (κ1) is 15.5. The predicted octanol–water partition coefficient (Wildman–Crippen LogP) is 4.22. The molecule has 0 aliphatic carbocycles. The van der Waals surface area contributed by atoms with E-state index in [2.05, 4.69) is 20.8 Å². The van der Waals surface area contributed by atoms with E-state index in [-0.39, 0.29) is 5.41 Å². The summed E-state index contributed by atoms with van der Waals surface area (Å²) in [6.07, 6.45) is 0. The second kappa shape index (κ2) is 4.81. The molecular formula is C13H17Cl3O2Si. The molecule has 1 heterocycles. The Morgan fingerprint density at radius 1 is 1.21 bits per heavy atom. The normalized spacial score (nSPS) is 23.7. The molecule has 2 nitrogen and oxygen atoms in total. The van der Waals surface area contributed by atoms with Crippen molar-refractivity contribution in [2.24, 2.45) is 5.41 Å². The summed E-state index contributed by atoms with van der Waals surface area (Å²) in [5.74, 6) is 0.148. The molecule has 19 heavy (non-hydrogen) atoms. The highest BCUT2D eigenvalue weighted by molar-refractivity contribution is 7.69. The monoisotopic (exact) mass is 338 g/mol. The zero-order chi connectivity index (χ0) is 14.5.